The Balaban J connectivity index is 1.39. The van der Waals surface area contributed by atoms with E-state index in [4.69, 9.17) is 4.98 Å². The molecule has 1 atom stereocenters. The first-order chi connectivity index (χ1) is 17.0. The van der Waals surface area contributed by atoms with Crippen molar-refractivity contribution in [3.63, 3.8) is 0 Å². The largest absolute Gasteiger partial charge is 0.273 e. The number of pyridine rings is 1. The summed E-state index contributed by atoms with van der Waals surface area (Å²) in [4.78, 5) is 36.7. The fourth-order valence-corrected chi connectivity index (χ4v) is 6.17. The van der Waals surface area contributed by atoms with Crippen LogP contribution in [0, 0.1) is 6.92 Å². The Morgan fingerprint density at radius 3 is 2.37 bits per heavy atom. The van der Waals surface area contributed by atoms with Crippen LogP contribution >= 0.6 is 0 Å². The molecule has 0 radical (unpaired) electrons. The maximum atomic E-state index is 13.8. The molecule has 174 valence electrons. The van der Waals surface area contributed by atoms with Gasteiger partial charge < -0.3 is 0 Å². The summed E-state index contributed by atoms with van der Waals surface area (Å²) in [7, 11) is -1.53. The van der Waals surface area contributed by atoms with Crippen molar-refractivity contribution in [3.05, 3.63) is 101 Å². The van der Waals surface area contributed by atoms with E-state index in [0.29, 0.717) is 27.5 Å². The Hall–Kier alpha value is -3.91. The summed E-state index contributed by atoms with van der Waals surface area (Å²) in [6.45, 7) is 1.98. The summed E-state index contributed by atoms with van der Waals surface area (Å²) in [5, 5.41) is 0.452. The number of amides is 2. The van der Waals surface area contributed by atoms with E-state index in [1.54, 1.807) is 42.6 Å². The lowest BCUT2D eigenvalue weighted by atomic mass is 10.1. The summed E-state index contributed by atoms with van der Waals surface area (Å²) in [5.74, 6) is 0.118. The molecule has 35 heavy (non-hydrogen) atoms. The zero-order valence-corrected chi connectivity index (χ0v) is 19.9. The Bertz CT molecular complexity index is 1510. The van der Waals surface area contributed by atoms with Gasteiger partial charge in [0.05, 0.1) is 39.1 Å². The summed E-state index contributed by atoms with van der Waals surface area (Å²) < 4.78 is 15.7. The summed E-state index contributed by atoms with van der Waals surface area (Å²) in [6, 6.07) is 17.8. The van der Waals surface area contributed by atoms with Gasteiger partial charge >= 0.3 is 0 Å². The molecule has 4 aromatic rings. The third-order valence-electron chi connectivity index (χ3n) is 6.56. The van der Waals surface area contributed by atoms with Gasteiger partial charge in [-0.2, -0.15) is 0 Å². The van der Waals surface area contributed by atoms with Gasteiger partial charge in [-0.15, -0.1) is 0 Å². The molecule has 0 fully saturated rings. The van der Waals surface area contributed by atoms with E-state index in [1.165, 1.54) is 4.90 Å². The summed E-state index contributed by atoms with van der Waals surface area (Å²) >= 11 is 0. The van der Waals surface area contributed by atoms with Gasteiger partial charge in [0.25, 0.3) is 11.8 Å². The normalized spacial score (nSPS) is 15.4. The first kappa shape index (κ1) is 21.6. The second kappa shape index (κ2) is 8.39. The molecular weight excluding hydrogens is 460 g/mol. The van der Waals surface area contributed by atoms with Gasteiger partial charge in [-0.05, 0) is 61.6 Å². The number of imide groups is 1. The molecule has 1 aliphatic carbocycles. The van der Waals surface area contributed by atoms with Crippen LogP contribution in [-0.4, -0.2) is 30.6 Å². The quantitative estimate of drug-likeness (QED) is 0.399. The number of carbonyl (C=O) groups is 2. The van der Waals surface area contributed by atoms with E-state index in [2.05, 4.69) is 4.98 Å². The minimum absolute atomic E-state index is 0.116. The molecule has 3 heterocycles. The maximum absolute atomic E-state index is 13.8. The zero-order valence-electron chi connectivity index (χ0n) is 19.1. The molecule has 1 unspecified atom stereocenters. The lowest BCUT2D eigenvalue weighted by Gasteiger charge is -2.18. The molecule has 1 aliphatic heterocycles. The minimum atomic E-state index is -1.53. The lowest BCUT2D eigenvalue weighted by Crippen LogP contribution is -2.30. The monoisotopic (exact) mass is 482 g/mol. The van der Waals surface area contributed by atoms with Gasteiger partial charge in [-0.3, -0.25) is 18.4 Å². The molecule has 8 heteroatoms. The second-order valence-corrected chi connectivity index (χ2v) is 10.1. The number of para-hydroxylation sites is 1. The van der Waals surface area contributed by atoms with E-state index in [9.17, 15) is 13.8 Å². The first-order valence-electron chi connectivity index (χ1n) is 11.5. The fraction of sp³-hybridized carbons (Fsp3) is 0.185. The summed E-state index contributed by atoms with van der Waals surface area (Å²) in [5.41, 5.74) is 4.86. The number of benzene rings is 2. The van der Waals surface area contributed by atoms with E-state index in [0.717, 1.165) is 42.0 Å². The van der Waals surface area contributed by atoms with Crippen LogP contribution in [0.15, 0.2) is 72.0 Å². The van der Waals surface area contributed by atoms with Gasteiger partial charge in [0.2, 0.25) is 5.16 Å². The van der Waals surface area contributed by atoms with Gasteiger partial charge in [0.15, 0.2) is 0 Å². The highest BCUT2D eigenvalue weighted by molar-refractivity contribution is 7.84. The van der Waals surface area contributed by atoms with Crippen LogP contribution in [0.5, 0.6) is 0 Å². The highest BCUT2D eigenvalue weighted by Gasteiger charge is 2.37. The number of hydrogen-bond donors (Lipinski definition) is 0. The first-order valence-corrected chi connectivity index (χ1v) is 12.8. The molecule has 0 saturated heterocycles. The summed E-state index contributed by atoms with van der Waals surface area (Å²) in [6.07, 6.45) is 4.46. The van der Waals surface area contributed by atoms with Crippen molar-refractivity contribution in [2.75, 3.05) is 4.90 Å². The fourth-order valence-electron chi connectivity index (χ4n) is 4.90. The van der Waals surface area contributed by atoms with Gasteiger partial charge in [-0.25, -0.2) is 14.9 Å². The van der Waals surface area contributed by atoms with Crippen LogP contribution in [0.2, 0.25) is 0 Å². The lowest BCUT2D eigenvalue weighted by molar-refractivity contribution is 0.0926. The van der Waals surface area contributed by atoms with E-state index < -0.39 is 10.8 Å². The van der Waals surface area contributed by atoms with Gasteiger partial charge in [0.1, 0.15) is 5.82 Å². The van der Waals surface area contributed by atoms with Crippen molar-refractivity contribution in [2.45, 2.75) is 37.1 Å². The van der Waals surface area contributed by atoms with Crippen LogP contribution in [0.3, 0.4) is 0 Å². The molecule has 6 rings (SSSR count). The highest BCUT2D eigenvalue weighted by atomic mass is 32.2. The van der Waals surface area contributed by atoms with Crippen LogP contribution in [0.25, 0.3) is 5.82 Å². The second-order valence-electron chi connectivity index (χ2n) is 8.73. The van der Waals surface area contributed by atoms with Crippen molar-refractivity contribution in [1.82, 2.24) is 14.5 Å². The molecule has 0 spiro atoms. The molecular formula is C27H22N4O3S. The topological polar surface area (TPSA) is 85.2 Å². The van der Waals surface area contributed by atoms with Crippen molar-refractivity contribution in [3.8, 4) is 5.82 Å². The number of carbonyl (C=O) groups excluding carboxylic acids is 2. The molecule has 2 amide bonds. The number of aromatic nitrogens is 3. The van der Waals surface area contributed by atoms with E-state index >= 15 is 0 Å². The molecule has 2 aliphatic rings. The molecule has 2 aromatic heterocycles. The SMILES string of the molecule is Cc1cccnc1-n1c(S(=O)Cc2ccccc2N2C(=O)c3ccccc3C2=O)nc2c1CCC2. The van der Waals surface area contributed by atoms with Crippen molar-refractivity contribution in [1.29, 1.82) is 0 Å². The Morgan fingerprint density at radius 2 is 1.63 bits per heavy atom. The number of rotatable bonds is 5. The van der Waals surface area contributed by atoms with Crippen molar-refractivity contribution >= 4 is 28.3 Å². The molecule has 0 bridgehead atoms. The standard InChI is InChI=1S/C27H22N4O3S/c1-17-8-7-15-28-24(17)30-23-14-6-12-21(23)29-27(30)35(34)16-18-9-2-5-13-22(18)31-25(32)19-10-3-4-11-20(19)26(31)33/h2-5,7-11,13,15H,6,12,14,16H2,1H3. The number of hydrogen-bond acceptors (Lipinski definition) is 5. The average Bonchev–Trinajstić information content (AvgIpc) is 3.53. The van der Waals surface area contributed by atoms with Crippen LogP contribution in [-0.2, 0) is 29.4 Å². The van der Waals surface area contributed by atoms with Crippen LogP contribution in [0.1, 0.15) is 49.7 Å². The predicted octanol–water partition coefficient (Wildman–Crippen LogP) is 4.17. The Labute approximate surface area is 204 Å². The highest BCUT2D eigenvalue weighted by Crippen LogP contribution is 2.33. The molecule has 0 saturated carbocycles. The Morgan fingerprint density at radius 1 is 0.914 bits per heavy atom. The third kappa shape index (κ3) is 3.44. The number of aryl methyl sites for hydroxylation is 2. The average molecular weight is 483 g/mol. The number of imidazole rings is 1. The number of anilines is 1. The van der Waals surface area contributed by atoms with Crippen molar-refractivity contribution in [2.24, 2.45) is 0 Å². The number of fused-ring (bicyclic) bond motifs is 2. The number of nitrogens with zero attached hydrogens (tertiary/aromatic N) is 4. The van der Waals surface area contributed by atoms with Crippen LogP contribution in [0.4, 0.5) is 5.69 Å². The van der Waals surface area contributed by atoms with Crippen LogP contribution < -0.4 is 4.90 Å². The van der Waals surface area contributed by atoms with E-state index in [-0.39, 0.29) is 17.6 Å². The van der Waals surface area contributed by atoms with Gasteiger partial charge in [-0.1, -0.05) is 36.4 Å². The third-order valence-corrected chi connectivity index (χ3v) is 7.82. The predicted molar refractivity (Wildman–Crippen MR) is 132 cm³/mol. The minimum Gasteiger partial charge on any atom is -0.273 e. The molecule has 2 aromatic carbocycles. The molecule has 7 nitrogen and oxygen atoms in total. The maximum Gasteiger partial charge on any atom is 0.266 e. The van der Waals surface area contributed by atoms with Crippen molar-refractivity contribution < 1.29 is 13.8 Å². The molecule has 0 N–H and O–H groups in total. The smallest absolute Gasteiger partial charge is 0.266 e. The van der Waals surface area contributed by atoms with Gasteiger partial charge in [0, 0.05) is 11.9 Å². The zero-order chi connectivity index (χ0) is 24.1. The van der Waals surface area contributed by atoms with E-state index in [1.807, 2.05) is 35.8 Å². The Kier molecular flexibility index (Phi) is 5.18.